The van der Waals surface area contributed by atoms with E-state index in [-0.39, 0.29) is 5.91 Å². The molecule has 0 spiro atoms. The minimum absolute atomic E-state index is 0.0960. The first-order valence-electron chi connectivity index (χ1n) is 7.91. The van der Waals surface area contributed by atoms with E-state index >= 15 is 0 Å². The van der Waals surface area contributed by atoms with Gasteiger partial charge in [-0.05, 0) is 60.9 Å². The SMILES string of the molecule is Cc1ccc(C(=O)Nc2ccc(Cc3ccc(N)cc3)cc2)cc1. The molecule has 120 valence electrons. The smallest absolute Gasteiger partial charge is 0.255 e. The lowest BCUT2D eigenvalue weighted by molar-refractivity contribution is 0.102. The summed E-state index contributed by atoms with van der Waals surface area (Å²) >= 11 is 0. The molecule has 3 aromatic rings. The van der Waals surface area contributed by atoms with Crippen LogP contribution in [0, 0.1) is 6.92 Å². The molecule has 24 heavy (non-hydrogen) atoms. The van der Waals surface area contributed by atoms with Gasteiger partial charge in [0.15, 0.2) is 0 Å². The van der Waals surface area contributed by atoms with E-state index in [9.17, 15) is 4.79 Å². The molecule has 0 aliphatic heterocycles. The molecule has 0 saturated carbocycles. The van der Waals surface area contributed by atoms with Crippen LogP contribution < -0.4 is 11.1 Å². The van der Waals surface area contributed by atoms with Crippen LogP contribution in [0.4, 0.5) is 11.4 Å². The Bertz CT molecular complexity index is 819. The van der Waals surface area contributed by atoms with Gasteiger partial charge < -0.3 is 11.1 Å². The highest BCUT2D eigenvalue weighted by Gasteiger charge is 2.05. The number of amides is 1. The predicted molar refractivity (Wildman–Crippen MR) is 99.2 cm³/mol. The van der Waals surface area contributed by atoms with E-state index in [2.05, 4.69) is 5.32 Å². The molecule has 0 heterocycles. The molecule has 0 saturated heterocycles. The van der Waals surface area contributed by atoms with Crippen molar-refractivity contribution in [2.75, 3.05) is 11.1 Å². The van der Waals surface area contributed by atoms with Crippen molar-refractivity contribution in [3.8, 4) is 0 Å². The fraction of sp³-hybridized carbons (Fsp3) is 0.0952. The van der Waals surface area contributed by atoms with Gasteiger partial charge in [0, 0.05) is 16.9 Å². The van der Waals surface area contributed by atoms with Gasteiger partial charge in [0.1, 0.15) is 0 Å². The van der Waals surface area contributed by atoms with E-state index in [0.29, 0.717) is 5.56 Å². The standard InChI is InChI=1S/C21H20N2O/c1-15-2-8-18(9-3-15)21(24)23-20-12-6-17(7-13-20)14-16-4-10-19(22)11-5-16/h2-13H,14,22H2,1H3,(H,23,24). The molecule has 3 nitrogen and oxygen atoms in total. The third kappa shape index (κ3) is 4.02. The molecule has 0 fully saturated rings. The first kappa shape index (κ1) is 15.8. The third-order valence-electron chi connectivity index (χ3n) is 3.91. The Morgan fingerprint density at radius 3 is 1.96 bits per heavy atom. The second kappa shape index (κ2) is 7.01. The van der Waals surface area contributed by atoms with E-state index in [1.807, 2.05) is 79.7 Å². The van der Waals surface area contributed by atoms with Crippen molar-refractivity contribution in [2.24, 2.45) is 0 Å². The molecule has 3 N–H and O–H groups in total. The van der Waals surface area contributed by atoms with E-state index in [0.717, 1.165) is 23.4 Å². The van der Waals surface area contributed by atoms with Crippen molar-refractivity contribution in [3.05, 3.63) is 95.1 Å². The van der Waals surface area contributed by atoms with Crippen LogP contribution in [-0.2, 0) is 6.42 Å². The number of rotatable bonds is 4. The van der Waals surface area contributed by atoms with E-state index in [1.54, 1.807) is 0 Å². The molecular formula is C21H20N2O. The number of hydrogen-bond donors (Lipinski definition) is 2. The fourth-order valence-corrected chi connectivity index (χ4v) is 2.49. The van der Waals surface area contributed by atoms with Crippen LogP contribution in [-0.4, -0.2) is 5.91 Å². The van der Waals surface area contributed by atoms with Crippen molar-refractivity contribution in [1.82, 2.24) is 0 Å². The van der Waals surface area contributed by atoms with Crippen molar-refractivity contribution >= 4 is 17.3 Å². The van der Waals surface area contributed by atoms with Gasteiger partial charge in [-0.2, -0.15) is 0 Å². The summed E-state index contributed by atoms with van der Waals surface area (Å²) < 4.78 is 0. The highest BCUT2D eigenvalue weighted by atomic mass is 16.1. The Morgan fingerprint density at radius 2 is 1.38 bits per heavy atom. The maximum Gasteiger partial charge on any atom is 0.255 e. The molecule has 0 aliphatic rings. The lowest BCUT2D eigenvalue weighted by atomic mass is 10.0. The Labute approximate surface area is 142 Å². The normalized spacial score (nSPS) is 10.4. The average molecular weight is 316 g/mol. The van der Waals surface area contributed by atoms with Crippen LogP contribution in [0.2, 0.25) is 0 Å². The van der Waals surface area contributed by atoms with Crippen LogP contribution in [0.5, 0.6) is 0 Å². The maximum absolute atomic E-state index is 12.2. The zero-order valence-electron chi connectivity index (χ0n) is 13.6. The molecule has 3 heteroatoms. The number of carbonyl (C=O) groups is 1. The van der Waals surface area contributed by atoms with Crippen molar-refractivity contribution in [3.63, 3.8) is 0 Å². The molecular weight excluding hydrogens is 296 g/mol. The zero-order valence-corrected chi connectivity index (χ0v) is 13.6. The zero-order chi connectivity index (χ0) is 16.9. The van der Waals surface area contributed by atoms with Crippen LogP contribution in [0.15, 0.2) is 72.8 Å². The van der Waals surface area contributed by atoms with E-state index < -0.39 is 0 Å². The van der Waals surface area contributed by atoms with Crippen LogP contribution in [0.25, 0.3) is 0 Å². The van der Waals surface area contributed by atoms with Gasteiger partial charge in [0.05, 0.1) is 0 Å². The first-order valence-corrected chi connectivity index (χ1v) is 7.91. The van der Waals surface area contributed by atoms with Gasteiger partial charge >= 0.3 is 0 Å². The Balaban J connectivity index is 1.64. The fourth-order valence-electron chi connectivity index (χ4n) is 2.49. The Kier molecular flexibility index (Phi) is 4.62. The van der Waals surface area contributed by atoms with E-state index in [1.165, 1.54) is 11.1 Å². The van der Waals surface area contributed by atoms with Crippen molar-refractivity contribution in [2.45, 2.75) is 13.3 Å². The molecule has 3 rings (SSSR count). The van der Waals surface area contributed by atoms with Crippen LogP contribution in [0.3, 0.4) is 0 Å². The third-order valence-corrected chi connectivity index (χ3v) is 3.91. The van der Waals surface area contributed by atoms with Gasteiger partial charge in [-0.3, -0.25) is 4.79 Å². The number of benzene rings is 3. The number of nitrogens with one attached hydrogen (secondary N) is 1. The van der Waals surface area contributed by atoms with E-state index in [4.69, 9.17) is 5.73 Å². The minimum Gasteiger partial charge on any atom is -0.399 e. The maximum atomic E-state index is 12.2. The summed E-state index contributed by atoms with van der Waals surface area (Å²) in [7, 11) is 0. The Hall–Kier alpha value is -3.07. The van der Waals surface area contributed by atoms with Gasteiger partial charge in [-0.15, -0.1) is 0 Å². The molecule has 1 amide bonds. The monoisotopic (exact) mass is 316 g/mol. The second-order valence-electron chi connectivity index (χ2n) is 5.94. The summed E-state index contributed by atoms with van der Waals surface area (Å²) in [5.74, 6) is -0.0960. The molecule has 0 radical (unpaired) electrons. The predicted octanol–water partition coefficient (Wildman–Crippen LogP) is 4.42. The lowest BCUT2D eigenvalue weighted by Gasteiger charge is -2.07. The summed E-state index contributed by atoms with van der Waals surface area (Å²) in [4.78, 5) is 12.2. The molecule has 0 bridgehead atoms. The van der Waals surface area contributed by atoms with Crippen LogP contribution >= 0.6 is 0 Å². The number of aryl methyl sites for hydroxylation is 1. The molecule has 3 aromatic carbocycles. The molecule has 0 aromatic heterocycles. The Morgan fingerprint density at radius 1 is 0.833 bits per heavy atom. The highest BCUT2D eigenvalue weighted by molar-refractivity contribution is 6.04. The van der Waals surface area contributed by atoms with Crippen LogP contribution in [0.1, 0.15) is 27.0 Å². The largest absolute Gasteiger partial charge is 0.399 e. The number of anilines is 2. The van der Waals surface area contributed by atoms with Gasteiger partial charge in [0.25, 0.3) is 5.91 Å². The van der Waals surface area contributed by atoms with Crippen molar-refractivity contribution in [1.29, 1.82) is 0 Å². The molecule has 0 atom stereocenters. The highest BCUT2D eigenvalue weighted by Crippen LogP contribution is 2.16. The average Bonchev–Trinajstić information content (AvgIpc) is 2.59. The summed E-state index contributed by atoms with van der Waals surface area (Å²) in [6.07, 6.45) is 0.840. The number of carbonyl (C=O) groups excluding carboxylic acids is 1. The summed E-state index contributed by atoms with van der Waals surface area (Å²) in [6.45, 7) is 2.00. The van der Waals surface area contributed by atoms with Gasteiger partial charge in [-0.1, -0.05) is 42.0 Å². The number of nitrogen functional groups attached to an aromatic ring is 1. The molecule has 0 unspecified atom stereocenters. The van der Waals surface area contributed by atoms with Crippen molar-refractivity contribution < 1.29 is 4.79 Å². The van der Waals surface area contributed by atoms with Gasteiger partial charge in [-0.25, -0.2) is 0 Å². The van der Waals surface area contributed by atoms with Gasteiger partial charge in [0.2, 0.25) is 0 Å². The quantitative estimate of drug-likeness (QED) is 0.700. The first-order chi connectivity index (χ1) is 11.6. The lowest BCUT2D eigenvalue weighted by Crippen LogP contribution is -2.11. The molecule has 0 aliphatic carbocycles. The summed E-state index contributed by atoms with van der Waals surface area (Å²) in [5.41, 5.74) is 11.5. The summed E-state index contributed by atoms with van der Waals surface area (Å²) in [6, 6.07) is 23.3. The number of hydrogen-bond acceptors (Lipinski definition) is 2. The topological polar surface area (TPSA) is 55.1 Å². The minimum atomic E-state index is -0.0960. The second-order valence-corrected chi connectivity index (χ2v) is 5.94. The number of nitrogens with two attached hydrogens (primary N) is 1. The summed E-state index contributed by atoms with van der Waals surface area (Å²) in [5, 5.41) is 2.92.